The van der Waals surface area contributed by atoms with E-state index in [1.54, 1.807) is 30.3 Å². The Balaban J connectivity index is 1.50. The number of piperidine rings is 1. The second kappa shape index (κ2) is 10.5. The Morgan fingerprint density at radius 3 is 2.35 bits per heavy atom. The first-order valence-electron chi connectivity index (χ1n) is 10.6. The van der Waals surface area contributed by atoms with Crippen molar-refractivity contribution in [2.75, 3.05) is 13.1 Å². The van der Waals surface area contributed by atoms with Crippen LogP contribution in [0, 0.1) is 6.92 Å². The summed E-state index contributed by atoms with van der Waals surface area (Å²) in [5, 5.41) is 5.22. The molecule has 2 aromatic carbocycles. The third-order valence-electron chi connectivity index (χ3n) is 5.47. The highest BCUT2D eigenvalue weighted by Gasteiger charge is 2.33. The molecule has 1 atom stereocenters. The molecule has 0 aromatic heterocycles. The molecular weight excluding hydrogens is 414 g/mol. The number of benzene rings is 2. The maximum atomic E-state index is 13.0. The van der Waals surface area contributed by atoms with Crippen molar-refractivity contribution in [3.63, 3.8) is 0 Å². The van der Waals surface area contributed by atoms with E-state index in [1.165, 1.54) is 4.31 Å². The molecule has 31 heavy (non-hydrogen) atoms. The Morgan fingerprint density at radius 2 is 1.65 bits per heavy atom. The fourth-order valence-corrected chi connectivity index (χ4v) is 5.45. The molecule has 0 radical (unpaired) electrons. The lowest BCUT2D eigenvalue weighted by Gasteiger charge is -2.34. The van der Waals surface area contributed by atoms with Gasteiger partial charge in [-0.15, -0.1) is 0 Å². The molecule has 1 heterocycles. The Kier molecular flexibility index (Phi) is 7.81. The molecule has 2 aromatic rings. The molecule has 166 valence electrons. The van der Waals surface area contributed by atoms with Crippen LogP contribution in [0.5, 0.6) is 0 Å². The Bertz CT molecular complexity index is 991. The fraction of sp³-hybridized carbons (Fsp3) is 0.391. The summed E-state index contributed by atoms with van der Waals surface area (Å²) >= 11 is 0. The number of hydrogen-bond acceptors (Lipinski definition) is 4. The molecule has 8 heteroatoms. The minimum Gasteiger partial charge on any atom is -0.348 e. The normalized spacial score (nSPS) is 17.1. The molecule has 0 bridgehead atoms. The van der Waals surface area contributed by atoms with Crippen LogP contribution >= 0.6 is 0 Å². The minimum atomic E-state index is -3.58. The van der Waals surface area contributed by atoms with Crippen molar-refractivity contribution in [3.05, 3.63) is 65.7 Å². The molecular formula is C23H29N3O4S. The van der Waals surface area contributed by atoms with Gasteiger partial charge >= 0.3 is 11.8 Å². The molecule has 1 fully saturated rings. The lowest BCUT2D eigenvalue weighted by atomic mass is 10.0. The topological polar surface area (TPSA) is 95.6 Å². The van der Waals surface area contributed by atoms with Gasteiger partial charge in [0.2, 0.25) is 10.0 Å². The standard InChI is InChI=1S/C23H29N3O4S/c1-18-10-12-19(13-11-18)17-25-23(28)22(27)24-15-14-20-7-5-6-16-26(20)31(29,30)21-8-3-2-4-9-21/h2-4,8-13,20H,5-7,14-17H2,1H3,(H,24,27)(H,25,28)/t20-/m1/s1. The maximum Gasteiger partial charge on any atom is 0.309 e. The summed E-state index contributed by atoms with van der Waals surface area (Å²) in [7, 11) is -3.58. The lowest BCUT2D eigenvalue weighted by Crippen LogP contribution is -2.46. The molecule has 1 saturated heterocycles. The van der Waals surface area contributed by atoms with Crippen LogP contribution in [-0.2, 0) is 26.2 Å². The zero-order valence-corrected chi connectivity index (χ0v) is 18.5. The zero-order valence-electron chi connectivity index (χ0n) is 17.7. The van der Waals surface area contributed by atoms with E-state index in [-0.39, 0.29) is 24.0 Å². The predicted molar refractivity (Wildman–Crippen MR) is 119 cm³/mol. The predicted octanol–water partition coefficient (Wildman–Crippen LogP) is 2.36. The van der Waals surface area contributed by atoms with Crippen LogP contribution in [0.1, 0.15) is 36.8 Å². The van der Waals surface area contributed by atoms with Crippen LogP contribution in [0.15, 0.2) is 59.5 Å². The number of rotatable bonds is 7. The highest BCUT2D eigenvalue weighted by atomic mass is 32.2. The number of nitrogens with zero attached hydrogens (tertiary/aromatic N) is 1. The van der Waals surface area contributed by atoms with Crippen molar-refractivity contribution in [1.82, 2.24) is 14.9 Å². The average molecular weight is 444 g/mol. The van der Waals surface area contributed by atoms with Gasteiger partial charge in [0.25, 0.3) is 0 Å². The van der Waals surface area contributed by atoms with Crippen LogP contribution in [0.25, 0.3) is 0 Å². The van der Waals surface area contributed by atoms with Crippen LogP contribution in [0.2, 0.25) is 0 Å². The van der Waals surface area contributed by atoms with Crippen molar-refractivity contribution >= 4 is 21.8 Å². The lowest BCUT2D eigenvalue weighted by molar-refractivity contribution is -0.139. The summed E-state index contributed by atoms with van der Waals surface area (Å²) in [6, 6.07) is 15.9. The van der Waals surface area contributed by atoms with Crippen LogP contribution < -0.4 is 10.6 Å². The highest BCUT2D eigenvalue weighted by molar-refractivity contribution is 7.89. The number of sulfonamides is 1. The van der Waals surface area contributed by atoms with E-state index >= 15 is 0 Å². The van der Waals surface area contributed by atoms with E-state index in [9.17, 15) is 18.0 Å². The number of aryl methyl sites for hydroxylation is 1. The maximum absolute atomic E-state index is 13.0. The Hall–Kier alpha value is -2.71. The first-order chi connectivity index (χ1) is 14.9. The van der Waals surface area contributed by atoms with Gasteiger partial charge < -0.3 is 10.6 Å². The summed E-state index contributed by atoms with van der Waals surface area (Å²) < 4.78 is 27.6. The van der Waals surface area contributed by atoms with Gasteiger partial charge in [-0.05, 0) is 43.9 Å². The van der Waals surface area contributed by atoms with E-state index in [1.807, 2.05) is 31.2 Å². The molecule has 0 saturated carbocycles. The monoisotopic (exact) mass is 443 g/mol. The van der Waals surface area contributed by atoms with Crippen molar-refractivity contribution in [3.8, 4) is 0 Å². The highest BCUT2D eigenvalue weighted by Crippen LogP contribution is 2.26. The summed E-state index contributed by atoms with van der Waals surface area (Å²) in [5.74, 6) is -1.40. The molecule has 0 unspecified atom stereocenters. The molecule has 2 amide bonds. The van der Waals surface area contributed by atoms with Crippen molar-refractivity contribution in [1.29, 1.82) is 0 Å². The summed E-state index contributed by atoms with van der Waals surface area (Å²) in [5.41, 5.74) is 2.04. The first kappa shape index (κ1) is 23.0. The quantitative estimate of drug-likeness (QED) is 0.642. The van der Waals surface area contributed by atoms with Crippen molar-refractivity contribution < 1.29 is 18.0 Å². The molecule has 1 aliphatic rings. The summed E-state index contributed by atoms with van der Waals surface area (Å²) in [6.45, 7) is 2.96. The van der Waals surface area contributed by atoms with Crippen molar-refractivity contribution in [2.24, 2.45) is 0 Å². The Morgan fingerprint density at radius 1 is 0.968 bits per heavy atom. The summed E-state index contributed by atoms with van der Waals surface area (Å²) in [4.78, 5) is 24.4. The van der Waals surface area contributed by atoms with Gasteiger partial charge in [0.15, 0.2) is 0 Å². The number of carbonyl (C=O) groups is 2. The molecule has 2 N–H and O–H groups in total. The van der Waals surface area contributed by atoms with Gasteiger partial charge in [0, 0.05) is 25.7 Å². The Labute approximate surface area is 183 Å². The average Bonchev–Trinajstić information content (AvgIpc) is 2.79. The third-order valence-corrected chi connectivity index (χ3v) is 7.43. The number of nitrogens with one attached hydrogen (secondary N) is 2. The largest absolute Gasteiger partial charge is 0.348 e. The summed E-state index contributed by atoms with van der Waals surface area (Å²) in [6.07, 6.45) is 2.96. The van der Waals surface area contributed by atoms with Crippen LogP contribution in [0.4, 0.5) is 0 Å². The van der Waals surface area contributed by atoms with E-state index in [4.69, 9.17) is 0 Å². The zero-order chi connectivity index (χ0) is 22.3. The van der Waals surface area contributed by atoms with Gasteiger partial charge in [0.1, 0.15) is 0 Å². The number of hydrogen-bond donors (Lipinski definition) is 2. The molecule has 3 rings (SSSR count). The van der Waals surface area contributed by atoms with Gasteiger partial charge in [-0.3, -0.25) is 9.59 Å². The fourth-order valence-electron chi connectivity index (χ4n) is 3.71. The number of carbonyl (C=O) groups excluding carboxylic acids is 2. The van der Waals surface area contributed by atoms with Crippen LogP contribution in [0.3, 0.4) is 0 Å². The number of amides is 2. The third kappa shape index (κ3) is 6.15. The molecule has 1 aliphatic heterocycles. The van der Waals surface area contributed by atoms with Gasteiger partial charge in [-0.1, -0.05) is 54.4 Å². The molecule has 0 aliphatic carbocycles. The van der Waals surface area contributed by atoms with Crippen molar-refractivity contribution in [2.45, 2.75) is 50.1 Å². The second-order valence-corrected chi connectivity index (χ2v) is 9.68. The second-order valence-electron chi connectivity index (χ2n) is 7.79. The van der Waals surface area contributed by atoms with E-state index in [0.717, 1.165) is 30.4 Å². The SMILES string of the molecule is Cc1ccc(CNC(=O)C(=O)NCC[C@H]2CCCCN2S(=O)(=O)c2ccccc2)cc1. The van der Waals surface area contributed by atoms with E-state index in [0.29, 0.717) is 13.0 Å². The van der Waals surface area contributed by atoms with Gasteiger partial charge in [-0.2, -0.15) is 4.31 Å². The molecule has 0 spiro atoms. The van der Waals surface area contributed by atoms with E-state index < -0.39 is 21.8 Å². The van der Waals surface area contributed by atoms with Gasteiger partial charge in [0.05, 0.1) is 4.90 Å². The first-order valence-corrected chi connectivity index (χ1v) is 12.0. The smallest absolute Gasteiger partial charge is 0.309 e. The minimum absolute atomic E-state index is 0.199. The van der Waals surface area contributed by atoms with Crippen LogP contribution in [-0.4, -0.2) is 43.7 Å². The molecule has 7 nitrogen and oxygen atoms in total. The van der Waals surface area contributed by atoms with Gasteiger partial charge in [-0.25, -0.2) is 8.42 Å². The van der Waals surface area contributed by atoms with E-state index in [2.05, 4.69) is 10.6 Å².